The highest BCUT2D eigenvalue weighted by molar-refractivity contribution is 7.92. The summed E-state index contributed by atoms with van der Waals surface area (Å²) in [5, 5.41) is 3.02. The van der Waals surface area contributed by atoms with Gasteiger partial charge in [-0.25, -0.2) is 8.42 Å². The third-order valence-electron chi connectivity index (χ3n) is 4.43. The van der Waals surface area contributed by atoms with E-state index in [4.69, 9.17) is 0 Å². The Bertz CT molecular complexity index is 658. The normalized spacial score (nSPS) is 13.4. The third kappa shape index (κ3) is 5.73. The molecule has 0 saturated heterocycles. The molecule has 0 heterocycles. The second-order valence-corrected chi connectivity index (χ2v) is 9.14. The molecule has 0 aromatic heterocycles. The number of aryl methyl sites for hydroxylation is 1. The number of rotatable bonds is 8. The minimum absolute atomic E-state index is 0.00109. The first-order valence-corrected chi connectivity index (χ1v) is 10.7. The second kappa shape index (κ2) is 8.70. The number of sulfonamides is 1. The van der Waals surface area contributed by atoms with Crippen LogP contribution in [0.25, 0.3) is 0 Å². The van der Waals surface area contributed by atoms with Crippen LogP contribution in [0.15, 0.2) is 24.3 Å². The predicted molar refractivity (Wildman–Crippen MR) is 104 cm³/mol. The molecule has 1 N–H and O–H groups in total. The summed E-state index contributed by atoms with van der Waals surface area (Å²) in [6.45, 7) is 11.9. The predicted octanol–water partition coefficient (Wildman–Crippen LogP) is 3.20. The number of benzene rings is 1. The summed E-state index contributed by atoms with van der Waals surface area (Å²) in [6.07, 6.45) is 2.01. The molecule has 0 unspecified atom stereocenters. The molecule has 0 fully saturated rings. The van der Waals surface area contributed by atoms with Crippen molar-refractivity contribution in [3.63, 3.8) is 0 Å². The lowest BCUT2D eigenvalue weighted by Crippen LogP contribution is -2.52. The van der Waals surface area contributed by atoms with Gasteiger partial charge in [0.25, 0.3) is 0 Å². The summed E-state index contributed by atoms with van der Waals surface area (Å²) in [5.41, 5.74) is 1.63. The third-order valence-corrected chi connectivity index (χ3v) is 5.67. The number of hydrogen-bond donors (Lipinski definition) is 1. The Kier molecular flexibility index (Phi) is 7.47. The van der Waals surface area contributed by atoms with Crippen LogP contribution in [0.4, 0.5) is 5.69 Å². The molecular formula is C19H32N2O3S. The molecule has 25 heavy (non-hydrogen) atoms. The van der Waals surface area contributed by atoms with Crippen molar-refractivity contribution in [3.8, 4) is 0 Å². The summed E-state index contributed by atoms with van der Waals surface area (Å²) in [6, 6.07) is 6.48. The van der Waals surface area contributed by atoms with Gasteiger partial charge in [0.05, 0.1) is 11.9 Å². The van der Waals surface area contributed by atoms with Gasteiger partial charge in [-0.1, -0.05) is 46.8 Å². The highest BCUT2D eigenvalue weighted by atomic mass is 32.2. The van der Waals surface area contributed by atoms with Crippen molar-refractivity contribution in [1.29, 1.82) is 0 Å². The number of carbonyl (C=O) groups is 1. The highest BCUT2D eigenvalue weighted by Gasteiger charge is 2.31. The maximum absolute atomic E-state index is 12.7. The Labute approximate surface area is 152 Å². The Hall–Kier alpha value is -1.56. The average molecular weight is 369 g/mol. The van der Waals surface area contributed by atoms with Crippen LogP contribution in [0.1, 0.15) is 47.1 Å². The van der Waals surface area contributed by atoms with Crippen molar-refractivity contribution < 1.29 is 13.2 Å². The standard InChI is InChI=1S/C19H32N2O3S/c1-8-16-9-11-17(12-10-16)21(25(7,23)24)15(6)19(22)20-18(13(2)3)14(4)5/h9-15,18H,8H2,1-7H3,(H,20,22)/t15-/m1/s1. The maximum atomic E-state index is 12.7. The second-order valence-electron chi connectivity index (χ2n) is 7.28. The molecule has 0 saturated carbocycles. The van der Waals surface area contributed by atoms with Gasteiger partial charge in [0.2, 0.25) is 15.9 Å². The zero-order valence-corrected chi connectivity index (χ0v) is 17.2. The van der Waals surface area contributed by atoms with E-state index in [1.54, 1.807) is 19.1 Å². The molecule has 142 valence electrons. The Balaban J connectivity index is 3.12. The van der Waals surface area contributed by atoms with E-state index in [2.05, 4.69) is 5.32 Å². The van der Waals surface area contributed by atoms with Gasteiger partial charge in [-0.2, -0.15) is 0 Å². The first-order chi connectivity index (χ1) is 11.5. The lowest BCUT2D eigenvalue weighted by molar-refractivity contribution is -0.123. The molecule has 5 nitrogen and oxygen atoms in total. The van der Waals surface area contributed by atoms with E-state index in [1.165, 1.54) is 4.31 Å². The van der Waals surface area contributed by atoms with Crippen LogP contribution < -0.4 is 9.62 Å². The van der Waals surface area contributed by atoms with E-state index in [0.717, 1.165) is 18.2 Å². The molecule has 0 bridgehead atoms. The Morgan fingerprint density at radius 2 is 1.52 bits per heavy atom. The Morgan fingerprint density at radius 1 is 1.04 bits per heavy atom. The van der Waals surface area contributed by atoms with E-state index in [-0.39, 0.29) is 23.8 Å². The van der Waals surface area contributed by atoms with Crippen LogP contribution in [0.3, 0.4) is 0 Å². The minimum Gasteiger partial charge on any atom is -0.351 e. The zero-order valence-electron chi connectivity index (χ0n) is 16.4. The number of amides is 1. The largest absolute Gasteiger partial charge is 0.351 e. The molecule has 6 heteroatoms. The SMILES string of the molecule is CCc1ccc(N([C@H](C)C(=O)NC(C(C)C)C(C)C)S(C)(=O)=O)cc1. The molecule has 0 aliphatic heterocycles. The van der Waals surface area contributed by atoms with Crippen molar-refractivity contribution in [2.45, 2.75) is 60.0 Å². The number of anilines is 1. The molecule has 0 aliphatic carbocycles. The highest BCUT2D eigenvalue weighted by Crippen LogP contribution is 2.22. The van der Waals surface area contributed by atoms with Gasteiger partial charge >= 0.3 is 0 Å². The van der Waals surface area contributed by atoms with Crippen LogP contribution in [0.5, 0.6) is 0 Å². The summed E-state index contributed by atoms with van der Waals surface area (Å²) in [7, 11) is -3.59. The fourth-order valence-electron chi connectivity index (χ4n) is 3.08. The van der Waals surface area contributed by atoms with Crippen molar-refractivity contribution in [1.82, 2.24) is 5.32 Å². The van der Waals surface area contributed by atoms with Crippen molar-refractivity contribution in [2.75, 3.05) is 10.6 Å². The first kappa shape index (κ1) is 21.5. The minimum atomic E-state index is -3.59. The van der Waals surface area contributed by atoms with Crippen molar-refractivity contribution >= 4 is 21.6 Å². The van der Waals surface area contributed by atoms with Gasteiger partial charge in [0.1, 0.15) is 6.04 Å². The van der Waals surface area contributed by atoms with Crippen LogP contribution in [0, 0.1) is 11.8 Å². The smallest absolute Gasteiger partial charge is 0.243 e. The number of nitrogens with one attached hydrogen (secondary N) is 1. The fourth-order valence-corrected chi connectivity index (χ4v) is 4.25. The zero-order chi connectivity index (χ0) is 19.4. The monoisotopic (exact) mass is 368 g/mol. The van der Waals surface area contributed by atoms with Crippen LogP contribution in [0.2, 0.25) is 0 Å². The van der Waals surface area contributed by atoms with Crippen LogP contribution in [-0.4, -0.2) is 32.7 Å². The topological polar surface area (TPSA) is 66.5 Å². The van der Waals surface area contributed by atoms with Crippen molar-refractivity contribution in [2.24, 2.45) is 11.8 Å². The van der Waals surface area contributed by atoms with Gasteiger partial charge in [-0.05, 0) is 42.9 Å². The van der Waals surface area contributed by atoms with E-state index in [9.17, 15) is 13.2 Å². The lowest BCUT2D eigenvalue weighted by atomic mass is 9.93. The van der Waals surface area contributed by atoms with Crippen LogP contribution >= 0.6 is 0 Å². The summed E-state index contributed by atoms with van der Waals surface area (Å²) in [5.74, 6) is 0.260. The molecule has 1 rings (SSSR count). The number of nitrogens with zero attached hydrogens (tertiary/aromatic N) is 1. The number of hydrogen-bond acceptors (Lipinski definition) is 3. The lowest BCUT2D eigenvalue weighted by Gasteiger charge is -2.32. The average Bonchev–Trinajstić information content (AvgIpc) is 2.51. The molecule has 1 atom stereocenters. The molecule has 1 aromatic rings. The first-order valence-electron chi connectivity index (χ1n) is 8.87. The quantitative estimate of drug-likeness (QED) is 0.766. The summed E-state index contributed by atoms with van der Waals surface area (Å²) < 4.78 is 25.9. The maximum Gasteiger partial charge on any atom is 0.243 e. The van der Waals surface area contributed by atoms with Gasteiger partial charge in [0, 0.05) is 6.04 Å². The van der Waals surface area contributed by atoms with Gasteiger partial charge in [-0.15, -0.1) is 0 Å². The molecule has 1 aromatic carbocycles. The molecule has 1 amide bonds. The van der Waals surface area contributed by atoms with E-state index >= 15 is 0 Å². The Morgan fingerprint density at radius 3 is 1.88 bits per heavy atom. The number of carbonyl (C=O) groups excluding carboxylic acids is 1. The summed E-state index contributed by atoms with van der Waals surface area (Å²) in [4.78, 5) is 12.7. The van der Waals surface area contributed by atoms with E-state index in [0.29, 0.717) is 5.69 Å². The van der Waals surface area contributed by atoms with E-state index < -0.39 is 16.1 Å². The molecule has 0 aliphatic rings. The molecule has 0 spiro atoms. The fraction of sp³-hybridized carbons (Fsp3) is 0.632. The molecular weight excluding hydrogens is 336 g/mol. The van der Waals surface area contributed by atoms with E-state index in [1.807, 2.05) is 46.8 Å². The van der Waals surface area contributed by atoms with Gasteiger partial charge in [-0.3, -0.25) is 9.10 Å². The summed E-state index contributed by atoms with van der Waals surface area (Å²) >= 11 is 0. The van der Waals surface area contributed by atoms with Gasteiger partial charge in [0.15, 0.2) is 0 Å². The van der Waals surface area contributed by atoms with Crippen molar-refractivity contribution in [3.05, 3.63) is 29.8 Å². The van der Waals surface area contributed by atoms with Crippen LogP contribution in [-0.2, 0) is 21.2 Å². The molecule has 0 radical (unpaired) electrons. The van der Waals surface area contributed by atoms with Gasteiger partial charge < -0.3 is 5.32 Å².